The highest BCUT2D eigenvalue weighted by Gasteiger charge is 2.43. The molecule has 1 amide bonds. The van der Waals surface area contributed by atoms with Crippen molar-refractivity contribution in [3.05, 3.63) is 59.7 Å². The Morgan fingerprint density at radius 1 is 1.21 bits per heavy atom. The Bertz CT molecular complexity index is 1050. The summed E-state index contributed by atoms with van der Waals surface area (Å²) in [5.74, 6) is 0.298. The number of hydrogen-bond donors (Lipinski definition) is 0. The molecule has 2 heterocycles. The minimum atomic E-state index is -0.546. The van der Waals surface area contributed by atoms with Crippen LogP contribution in [-0.4, -0.2) is 21.7 Å². The van der Waals surface area contributed by atoms with Gasteiger partial charge in [0, 0.05) is 17.6 Å². The third-order valence-electron chi connectivity index (χ3n) is 4.71. The molecule has 4 rings (SSSR count). The van der Waals surface area contributed by atoms with Crippen LogP contribution in [0.3, 0.4) is 0 Å². The van der Waals surface area contributed by atoms with Crippen LogP contribution in [-0.2, 0) is 4.79 Å². The number of hydrogen-bond acceptors (Lipinski definition) is 5. The summed E-state index contributed by atoms with van der Waals surface area (Å²) in [7, 11) is 0. The van der Waals surface area contributed by atoms with Crippen LogP contribution in [0.2, 0.25) is 0 Å². The zero-order valence-corrected chi connectivity index (χ0v) is 16.7. The van der Waals surface area contributed by atoms with Crippen LogP contribution in [0.5, 0.6) is 5.88 Å². The number of rotatable bonds is 3. The van der Waals surface area contributed by atoms with E-state index >= 15 is 0 Å². The van der Waals surface area contributed by atoms with Crippen LogP contribution in [0, 0.1) is 6.92 Å². The second-order valence-corrected chi connectivity index (χ2v) is 7.85. The molecule has 28 heavy (non-hydrogen) atoms. The van der Waals surface area contributed by atoms with E-state index in [4.69, 9.17) is 0 Å². The monoisotopic (exact) mass is 392 g/mol. The summed E-state index contributed by atoms with van der Waals surface area (Å²) in [4.78, 5) is 18.6. The lowest BCUT2D eigenvalue weighted by Gasteiger charge is -2.32. The Morgan fingerprint density at radius 3 is 2.61 bits per heavy atom. The summed E-state index contributed by atoms with van der Waals surface area (Å²) >= 11 is 1.41. The average Bonchev–Trinajstić information content (AvgIpc) is 2.67. The fourth-order valence-electron chi connectivity index (χ4n) is 3.50. The van der Waals surface area contributed by atoms with Crippen LogP contribution in [0.1, 0.15) is 31.1 Å². The third-order valence-corrected chi connectivity index (χ3v) is 5.43. The SMILES string of the molecule is CCSc1nc([O-])c2[n+](n1)C(c1ccc(C)cc1)N(C(C)=O)c1ccccc1-2. The van der Waals surface area contributed by atoms with Crippen molar-refractivity contribution in [3.8, 4) is 17.1 Å². The molecule has 0 radical (unpaired) electrons. The standard InChI is InChI=1S/C21H20N4O2S/c1-4-28-21-22-19(27)18-16-7-5-6-8-17(16)24(14(3)26)20(25(18)23-21)15-11-9-13(2)10-12-15/h5-12,20H,4H2,1-3H3. The number of carbonyl (C=O) groups excluding carboxylic acids is 1. The number of nitrogens with zero attached hydrogens (tertiary/aromatic N) is 4. The van der Waals surface area contributed by atoms with Crippen LogP contribution in [0.25, 0.3) is 11.3 Å². The van der Waals surface area contributed by atoms with E-state index in [2.05, 4.69) is 10.1 Å². The van der Waals surface area contributed by atoms with Crippen LogP contribution < -0.4 is 14.7 Å². The van der Waals surface area contributed by atoms with Gasteiger partial charge in [0.15, 0.2) is 0 Å². The number of anilines is 1. The summed E-state index contributed by atoms with van der Waals surface area (Å²) in [6, 6.07) is 15.3. The van der Waals surface area contributed by atoms with Gasteiger partial charge >= 0.3 is 0 Å². The molecule has 3 aromatic rings. The lowest BCUT2D eigenvalue weighted by molar-refractivity contribution is -0.764. The molecule has 6 nitrogen and oxygen atoms in total. The zero-order valence-electron chi connectivity index (χ0n) is 15.9. The highest BCUT2D eigenvalue weighted by atomic mass is 32.2. The Balaban J connectivity index is 2.04. The molecule has 1 unspecified atom stereocenters. The van der Waals surface area contributed by atoms with Crippen molar-refractivity contribution in [1.82, 2.24) is 10.1 Å². The first kappa shape index (κ1) is 18.4. The quantitative estimate of drug-likeness (QED) is 0.506. The molecule has 0 saturated heterocycles. The predicted molar refractivity (Wildman–Crippen MR) is 106 cm³/mol. The predicted octanol–water partition coefficient (Wildman–Crippen LogP) is 2.84. The number of aromatic nitrogens is 3. The number of amides is 1. The van der Waals surface area contributed by atoms with E-state index in [-0.39, 0.29) is 11.8 Å². The molecule has 0 saturated carbocycles. The largest absolute Gasteiger partial charge is 0.854 e. The first-order chi connectivity index (χ1) is 13.5. The van der Waals surface area contributed by atoms with Gasteiger partial charge in [-0.2, -0.15) is 0 Å². The summed E-state index contributed by atoms with van der Waals surface area (Å²) in [5, 5.41) is 18.0. The minimum absolute atomic E-state index is 0.119. The van der Waals surface area contributed by atoms with Gasteiger partial charge in [-0.3, -0.25) is 4.79 Å². The molecular formula is C21H20N4O2S. The van der Waals surface area contributed by atoms with E-state index in [9.17, 15) is 9.90 Å². The Labute approximate surface area is 167 Å². The number of carbonyl (C=O) groups is 1. The van der Waals surface area contributed by atoms with Gasteiger partial charge in [0.25, 0.3) is 17.0 Å². The zero-order chi connectivity index (χ0) is 19.8. The fourth-order valence-corrected chi connectivity index (χ4v) is 4.06. The van der Waals surface area contributed by atoms with Gasteiger partial charge in [-0.25, -0.2) is 9.88 Å². The van der Waals surface area contributed by atoms with Crippen molar-refractivity contribution in [2.24, 2.45) is 0 Å². The van der Waals surface area contributed by atoms with Crippen molar-refractivity contribution in [1.29, 1.82) is 0 Å². The van der Waals surface area contributed by atoms with E-state index in [1.54, 1.807) is 9.58 Å². The maximum atomic E-state index is 12.9. The lowest BCUT2D eigenvalue weighted by atomic mass is 10.0. The molecule has 0 bridgehead atoms. The smallest absolute Gasteiger partial charge is 0.293 e. The van der Waals surface area contributed by atoms with Crippen LogP contribution in [0.4, 0.5) is 5.69 Å². The number of benzene rings is 2. The van der Waals surface area contributed by atoms with Crippen LogP contribution in [0.15, 0.2) is 53.7 Å². The highest BCUT2D eigenvalue weighted by Crippen LogP contribution is 2.40. The number of para-hydroxylation sites is 1. The maximum Gasteiger partial charge on any atom is 0.293 e. The Hall–Kier alpha value is -2.93. The number of thioether (sulfide) groups is 1. The average molecular weight is 392 g/mol. The fraction of sp³-hybridized carbons (Fsp3) is 0.238. The third kappa shape index (κ3) is 3.01. The summed E-state index contributed by atoms with van der Waals surface area (Å²) < 4.78 is 1.65. The molecular weight excluding hydrogens is 372 g/mol. The van der Waals surface area contributed by atoms with Crippen molar-refractivity contribution in [2.45, 2.75) is 32.1 Å². The molecule has 1 aromatic heterocycles. The summed E-state index contributed by atoms with van der Waals surface area (Å²) in [6.07, 6.45) is -0.546. The topological polar surface area (TPSA) is 73.0 Å². The van der Waals surface area contributed by atoms with Gasteiger partial charge in [-0.05, 0) is 36.9 Å². The minimum Gasteiger partial charge on any atom is -0.854 e. The van der Waals surface area contributed by atoms with Gasteiger partial charge in [0.2, 0.25) is 5.91 Å². The van der Waals surface area contributed by atoms with E-state index in [0.29, 0.717) is 22.1 Å². The molecule has 142 valence electrons. The van der Waals surface area contributed by atoms with Crippen molar-refractivity contribution in [2.75, 3.05) is 10.7 Å². The summed E-state index contributed by atoms with van der Waals surface area (Å²) in [5.41, 5.74) is 3.76. The highest BCUT2D eigenvalue weighted by molar-refractivity contribution is 7.99. The second-order valence-electron chi connectivity index (χ2n) is 6.62. The Morgan fingerprint density at radius 2 is 1.93 bits per heavy atom. The normalized spacial score (nSPS) is 15.1. The molecule has 1 aliphatic heterocycles. The van der Waals surface area contributed by atoms with Crippen LogP contribution >= 0.6 is 11.8 Å². The van der Waals surface area contributed by atoms with E-state index in [1.165, 1.54) is 18.7 Å². The molecule has 7 heteroatoms. The van der Waals surface area contributed by atoms with Gasteiger partial charge in [-0.15, -0.1) is 0 Å². The second kappa shape index (κ2) is 7.24. The van der Waals surface area contributed by atoms with E-state index in [1.807, 2.05) is 62.4 Å². The molecule has 0 spiro atoms. The molecule has 0 aliphatic carbocycles. The van der Waals surface area contributed by atoms with E-state index in [0.717, 1.165) is 16.9 Å². The Kier molecular flexibility index (Phi) is 4.77. The first-order valence-corrected chi connectivity index (χ1v) is 10.1. The lowest BCUT2D eigenvalue weighted by Crippen LogP contribution is -2.58. The number of aryl methyl sites for hydroxylation is 1. The van der Waals surface area contributed by atoms with Crippen molar-refractivity contribution in [3.63, 3.8) is 0 Å². The van der Waals surface area contributed by atoms with E-state index < -0.39 is 6.17 Å². The molecule has 0 fully saturated rings. The van der Waals surface area contributed by atoms with Gasteiger partial charge in [0.05, 0.1) is 17.1 Å². The van der Waals surface area contributed by atoms with Crippen molar-refractivity contribution >= 4 is 23.4 Å². The van der Waals surface area contributed by atoms with Gasteiger partial charge in [0.1, 0.15) is 0 Å². The summed E-state index contributed by atoms with van der Waals surface area (Å²) in [6.45, 7) is 5.53. The van der Waals surface area contributed by atoms with Gasteiger partial charge < -0.3 is 5.11 Å². The molecule has 2 aromatic carbocycles. The van der Waals surface area contributed by atoms with Crippen molar-refractivity contribution < 1.29 is 14.6 Å². The number of fused-ring (bicyclic) bond motifs is 3. The van der Waals surface area contributed by atoms with Gasteiger partial charge in [-0.1, -0.05) is 53.2 Å². The molecule has 1 aliphatic rings. The molecule has 1 atom stereocenters. The maximum absolute atomic E-state index is 12.9. The molecule has 0 N–H and O–H groups in total. The first-order valence-electron chi connectivity index (χ1n) is 9.10.